The molecule has 1 heterocycles. The summed E-state index contributed by atoms with van der Waals surface area (Å²) in [4.78, 5) is 14.1. The molecule has 0 radical (unpaired) electrons. The summed E-state index contributed by atoms with van der Waals surface area (Å²) >= 11 is 0. The lowest BCUT2D eigenvalue weighted by Crippen LogP contribution is -2.40. The van der Waals surface area contributed by atoms with E-state index in [1.807, 2.05) is 4.90 Å². The van der Waals surface area contributed by atoms with Crippen molar-refractivity contribution in [3.05, 3.63) is 0 Å². The van der Waals surface area contributed by atoms with Crippen molar-refractivity contribution < 1.29 is 14.3 Å². The van der Waals surface area contributed by atoms with Gasteiger partial charge in [0, 0.05) is 19.0 Å². The second kappa shape index (κ2) is 6.27. The van der Waals surface area contributed by atoms with Crippen LogP contribution >= 0.6 is 0 Å². The molecule has 0 aromatic heterocycles. The van der Waals surface area contributed by atoms with Crippen LogP contribution in [-0.2, 0) is 9.47 Å². The lowest BCUT2D eigenvalue weighted by atomic mass is 9.80. The van der Waals surface area contributed by atoms with Crippen LogP contribution in [0.3, 0.4) is 0 Å². The van der Waals surface area contributed by atoms with E-state index in [2.05, 4.69) is 13.8 Å². The minimum atomic E-state index is -0.382. The van der Waals surface area contributed by atoms with Gasteiger partial charge in [0.05, 0.1) is 6.10 Å². The summed E-state index contributed by atoms with van der Waals surface area (Å²) in [5.41, 5.74) is 0. The summed E-state index contributed by atoms with van der Waals surface area (Å²) in [6.07, 6.45) is 8.74. The number of ether oxygens (including phenoxy) is 2. The van der Waals surface area contributed by atoms with Gasteiger partial charge >= 0.3 is 6.09 Å². The van der Waals surface area contributed by atoms with E-state index in [0.29, 0.717) is 6.10 Å². The Morgan fingerprint density at radius 1 is 1.00 bits per heavy atom. The quantitative estimate of drug-likeness (QED) is 0.734. The zero-order valence-electron chi connectivity index (χ0n) is 14.6. The molecule has 4 nitrogen and oxygen atoms in total. The first-order valence-electron chi connectivity index (χ1n) is 9.74. The van der Waals surface area contributed by atoms with E-state index in [9.17, 15) is 4.79 Å². The lowest BCUT2D eigenvalue weighted by Gasteiger charge is -2.35. The Hall–Kier alpha value is -0.770. The van der Waals surface area contributed by atoms with E-state index < -0.39 is 0 Å². The van der Waals surface area contributed by atoms with Crippen LogP contribution in [0, 0.1) is 29.6 Å². The second-order valence-corrected chi connectivity index (χ2v) is 8.52. The number of hydrogen-bond acceptors (Lipinski definition) is 3. The maximum Gasteiger partial charge on any atom is 0.412 e. The molecule has 4 fully saturated rings. The number of nitrogens with zero attached hydrogens (tertiary/aromatic N) is 1. The molecule has 1 amide bonds. The predicted octanol–water partition coefficient (Wildman–Crippen LogP) is 4.04. The fourth-order valence-electron chi connectivity index (χ4n) is 5.73. The maximum atomic E-state index is 12.3. The highest BCUT2D eigenvalue weighted by Crippen LogP contribution is 2.59. The standard InChI is InChI=1S/C19H31NO3/c1-12(2)18(23-19(21)20-8-3-4-9-20)22-17-11-13-10-16(17)15-7-5-6-14(13)15/h12-18H,3-11H2,1-2H3. The fourth-order valence-corrected chi connectivity index (χ4v) is 5.73. The van der Waals surface area contributed by atoms with Crippen molar-refractivity contribution in [1.29, 1.82) is 0 Å². The Bertz CT molecular complexity index is 446. The van der Waals surface area contributed by atoms with Crippen LogP contribution in [0.2, 0.25) is 0 Å². The number of fused-ring (bicyclic) bond motifs is 5. The van der Waals surface area contributed by atoms with Gasteiger partial charge in [-0.3, -0.25) is 0 Å². The summed E-state index contributed by atoms with van der Waals surface area (Å²) in [7, 11) is 0. The van der Waals surface area contributed by atoms with Crippen LogP contribution in [-0.4, -0.2) is 36.5 Å². The molecule has 130 valence electrons. The average Bonchev–Trinajstić information content (AvgIpc) is 3.27. The number of hydrogen-bond donors (Lipinski definition) is 0. The molecule has 1 aliphatic heterocycles. The summed E-state index contributed by atoms with van der Waals surface area (Å²) in [6.45, 7) is 5.85. The minimum absolute atomic E-state index is 0.178. The first-order chi connectivity index (χ1) is 11.1. The molecule has 6 unspecified atom stereocenters. The van der Waals surface area contributed by atoms with Gasteiger partial charge in [0.2, 0.25) is 6.29 Å². The minimum Gasteiger partial charge on any atom is -0.419 e. The third kappa shape index (κ3) is 2.88. The van der Waals surface area contributed by atoms with Gasteiger partial charge in [-0.1, -0.05) is 20.3 Å². The van der Waals surface area contributed by atoms with Crippen molar-refractivity contribution in [2.75, 3.05) is 13.1 Å². The predicted molar refractivity (Wildman–Crippen MR) is 87.8 cm³/mol. The maximum absolute atomic E-state index is 12.3. The van der Waals surface area contributed by atoms with Crippen molar-refractivity contribution in [3.8, 4) is 0 Å². The number of amides is 1. The van der Waals surface area contributed by atoms with Crippen LogP contribution < -0.4 is 0 Å². The molecular formula is C19H31NO3. The van der Waals surface area contributed by atoms with Crippen molar-refractivity contribution in [2.24, 2.45) is 29.6 Å². The molecule has 0 N–H and O–H groups in total. The Morgan fingerprint density at radius 3 is 2.48 bits per heavy atom. The summed E-state index contributed by atoms with van der Waals surface area (Å²) in [6, 6.07) is 0. The van der Waals surface area contributed by atoms with Gasteiger partial charge in [-0.2, -0.15) is 0 Å². The van der Waals surface area contributed by atoms with Crippen molar-refractivity contribution in [1.82, 2.24) is 4.90 Å². The molecule has 1 saturated heterocycles. The van der Waals surface area contributed by atoms with Crippen LogP contribution in [0.15, 0.2) is 0 Å². The fraction of sp³-hybridized carbons (Fsp3) is 0.947. The Kier molecular flexibility index (Phi) is 4.29. The number of rotatable bonds is 4. The molecule has 4 aliphatic rings. The van der Waals surface area contributed by atoms with Crippen LogP contribution in [0.25, 0.3) is 0 Å². The van der Waals surface area contributed by atoms with Crippen LogP contribution in [0.5, 0.6) is 0 Å². The van der Waals surface area contributed by atoms with Gasteiger partial charge in [-0.25, -0.2) is 4.79 Å². The third-order valence-electron chi connectivity index (χ3n) is 6.80. The molecule has 2 bridgehead atoms. The topological polar surface area (TPSA) is 38.8 Å². The number of carbonyl (C=O) groups is 1. The van der Waals surface area contributed by atoms with Gasteiger partial charge in [0.25, 0.3) is 0 Å². The third-order valence-corrected chi connectivity index (χ3v) is 6.80. The van der Waals surface area contributed by atoms with Gasteiger partial charge in [0.1, 0.15) is 0 Å². The van der Waals surface area contributed by atoms with E-state index in [4.69, 9.17) is 9.47 Å². The molecule has 0 aromatic rings. The van der Waals surface area contributed by atoms with Gasteiger partial charge < -0.3 is 14.4 Å². The highest BCUT2D eigenvalue weighted by atomic mass is 16.7. The monoisotopic (exact) mass is 321 g/mol. The Labute approximate surface area is 139 Å². The first-order valence-corrected chi connectivity index (χ1v) is 9.74. The number of carbonyl (C=O) groups excluding carboxylic acids is 1. The Morgan fingerprint density at radius 2 is 1.74 bits per heavy atom. The molecule has 4 heteroatoms. The summed E-state index contributed by atoms with van der Waals surface area (Å²) in [5, 5.41) is 0. The molecule has 23 heavy (non-hydrogen) atoms. The van der Waals surface area contributed by atoms with Crippen LogP contribution in [0.1, 0.15) is 58.8 Å². The Balaban J connectivity index is 1.36. The largest absolute Gasteiger partial charge is 0.419 e. The number of likely N-dealkylation sites (tertiary alicyclic amines) is 1. The molecule has 0 aromatic carbocycles. The SMILES string of the molecule is CC(C)C(OC(=O)N1CCCC1)OC1CC2CC1C1CCCC21. The van der Waals surface area contributed by atoms with E-state index in [1.165, 1.54) is 32.1 Å². The van der Waals surface area contributed by atoms with Gasteiger partial charge in [0.15, 0.2) is 0 Å². The van der Waals surface area contributed by atoms with Gasteiger partial charge in [-0.05, 0) is 62.2 Å². The second-order valence-electron chi connectivity index (χ2n) is 8.52. The zero-order valence-corrected chi connectivity index (χ0v) is 14.6. The first kappa shape index (κ1) is 15.7. The molecule has 3 aliphatic carbocycles. The summed E-state index contributed by atoms with van der Waals surface area (Å²) < 4.78 is 12.1. The van der Waals surface area contributed by atoms with Gasteiger partial charge in [-0.15, -0.1) is 0 Å². The zero-order chi connectivity index (χ0) is 16.0. The van der Waals surface area contributed by atoms with E-state index in [0.717, 1.165) is 49.6 Å². The normalized spacial score (nSPS) is 40.0. The van der Waals surface area contributed by atoms with E-state index in [-0.39, 0.29) is 18.3 Å². The highest BCUT2D eigenvalue weighted by molar-refractivity contribution is 5.68. The molecule has 6 atom stereocenters. The van der Waals surface area contributed by atoms with Crippen molar-refractivity contribution in [2.45, 2.75) is 71.2 Å². The highest BCUT2D eigenvalue weighted by Gasteiger charge is 2.54. The van der Waals surface area contributed by atoms with E-state index in [1.54, 1.807) is 0 Å². The smallest absolute Gasteiger partial charge is 0.412 e. The molecular weight excluding hydrogens is 290 g/mol. The average molecular weight is 321 g/mol. The molecule has 4 rings (SSSR count). The van der Waals surface area contributed by atoms with Crippen molar-refractivity contribution >= 4 is 6.09 Å². The molecule has 3 saturated carbocycles. The van der Waals surface area contributed by atoms with Crippen molar-refractivity contribution in [3.63, 3.8) is 0 Å². The lowest BCUT2D eigenvalue weighted by molar-refractivity contribution is -0.181. The van der Waals surface area contributed by atoms with Crippen LogP contribution in [0.4, 0.5) is 4.79 Å². The summed E-state index contributed by atoms with van der Waals surface area (Å²) in [5.74, 6) is 3.67. The van der Waals surface area contributed by atoms with E-state index >= 15 is 0 Å². The molecule has 0 spiro atoms.